The Bertz CT molecular complexity index is 713. The van der Waals surface area contributed by atoms with Crippen LogP contribution in [-0.2, 0) is 12.8 Å². The maximum atomic E-state index is 4.55. The van der Waals surface area contributed by atoms with Crippen molar-refractivity contribution in [1.29, 1.82) is 0 Å². The lowest BCUT2D eigenvalue weighted by Gasteiger charge is -2.21. The standard InChI is InChI=1S/C15H11N/c1-2-4-12-11(3-1)9-16-14-8-6-10-5-7-13(10)15(12)14/h1-4,6,8-9H,5,7H2. The first-order valence-corrected chi connectivity index (χ1v) is 5.72. The fourth-order valence-electron chi connectivity index (χ4n) is 2.67. The predicted octanol–water partition coefficient (Wildman–Crippen LogP) is 3.49. The van der Waals surface area contributed by atoms with Gasteiger partial charge < -0.3 is 0 Å². The van der Waals surface area contributed by atoms with E-state index in [0.717, 1.165) is 5.52 Å². The van der Waals surface area contributed by atoms with Crippen molar-refractivity contribution >= 4 is 21.7 Å². The SMILES string of the molecule is c1ccc2c(c1)cnc1ccc3c(c12)CC3. The second kappa shape index (κ2) is 2.82. The smallest absolute Gasteiger partial charge is 0.0711 e. The van der Waals surface area contributed by atoms with Crippen LogP contribution in [0.1, 0.15) is 11.1 Å². The molecule has 1 heteroatoms. The highest BCUT2D eigenvalue weighted by molar-refractivity contribution is 6.07. The molecular formula is C15H11N. The molecule has 3 aromatic rings. The minimum Gasteiger partial charge on any atom is -0.256 e. The summed E-state index contributed by atoms with van der Waals surface area (Å²) in [5, 5.41) is 3.97. The summed E-state index contributed by atoms with van der Waals surface area (Å²) >= 11 is 0. The first-order chi connectivity index (χ1) is 7.93. The van der Waals surface area contributed by atoms with Crippen LogP contribution in [0.25, 0.3) is 21.7 Å². The number of fused-ring (bicyclic) bond motifs is 5. The summed E-state index contributed by atoms with van der Waals surface area (Å²) in [5.74, 6) is 0. The third-order valence-electron chi connectivity index (χ3n) is 3.61. The molecule has 0 radical (unpaired) electrons. The van der Waals surface area contributed by atoms with Crippen molar-refractivity contribution in [2.45, 2.75) is 12.8 Å². The molecule has 4 rings (SSSR count). The fraction of sp³-hybridized carbons (Fsp3) is 0.133. The average Bonchev–Trinajstić information content (AvgIpc) is 2.29. The monoisotopic (exact) mass is 205 g/mol. The van der Waals surface area contributed by atoms with E-state index in [1.54, 1.807) is 0 Å². The van der Waals surface area contributed by atoms with E-state index in [-0.39, 0.29) is 0 Å². The van der Waals surface area contributed by atoms with E-state index in [1.807, 2.05) is 6.20 Å². The Morgan fingerprint density at radius 3 is 2.75 bits per heavy atom. The van der Waals surface area contributed by atoms with Crippen LogP contribution in [0.2, 0.25) is 0 Å². The van der Waals surface area contributed by atoms with Crippen molar-refractivity contribution in [1.82, 2.24) is 4.98 Å². The number of pyridine rings is 1. The van der Waals surface area contributed by atoms with Crippen LogP contribution < -0.4 is 0 Å². The molecule has 1 nitrogen and oxygen atoms in total. The van der Waals surface area contributed by atoms with Gasteiger partial charge in [0.1, 0.15) is 0 Å². The molecule has 0 atom stereocenters. The number of hydrogen-bond donors (Lipinski definition) is 0. The van der Waals surface area contributed by atoms with Crippen LogP contribution in [-0.4, -0.2) is 4.98 Å². The molecular weight excluding hydrogens is 194 g/mol. The van der Waals surface area contributed by atoms with Crippen LogP contribution in [0.3, 0.4) is 0 Å². The Morgan fingerprint density at radius 1 is 0.938 bits per heavy atom. The largest absolute Gasteiger partial charge is 0.256 e. The first kappa shape index (κ1) is 8.28. The van der Waals surface area contributed by atoms with Gasteiger partial charge in [0.05, 0.1) is 5.52 Å². The molecule has 0 bridgehead atoms. The molecule has 1 aromatic heterocycles. The highest BCUT2D eigenvalue weighted by Gasteiger charge is 2.17. The number of aromatic nitrogens is 1. The summed E-state index contributed by atoms with van der Waals surface area (Å²) in [4.78, 5) is 4.55. The number of nitrogens with zero attached hydrogens (tertiary/aromatic N) is 1. The number of benzene rings is 2. The van der Waals surface area contributed by atoms with Crippen LogP contribution in [0.4, 0.5) is 0 Å². The maximum absolute atomic E-state index is 4.55. The second-order valence-electron chi connectivity index (χ2n) is 4.44. The Balaban J connectivity index is 2.31. The van der Waals surface area contributed by atoms with E-state index in [1.165, 1.54) is 40.1 Å². The van der Waals surface area contributed by atoms with Gasteiger partial charge in [-0.05, 0) is 35.4 Å². The zero-order valence-electron chi connectivity index (χ0n) is 8.90. The summed E-state index contributed by atoms with van der Waals surface area (Å²) in [6, 6.07) is 12.9. The van der Waals surface area contributed by atoms with Gasteiger partial charge in [-0.25, -0.2) is 0 Å². The van der Waals surface area contributed by atoms with Crippen LogP contribution in [0.5, 0.6) is 0 Å². The van der Waals surface area contributed by atoms with Crippen molar-refractivity contribution in [3.63, 3.8) is 0 Å². The van der Waals surface area contributed by atoms with Gasteiger partial charge in [0.2, 0.25) is 0 Å². The first-order valence-electron chi connectivity index (χ1n) is 5.72. The number of hydrogen-bond acceptors (Lipinski definition) is 1. The van der Waals surface area contributed by atoms with Gasteiger partial charge in [0, 0.05) is 17.0 Å². The van der Waals surface area contributed by atoms with Gasteiger partial charge >= 0.3 is 0 Å². The highest BCUT2D eigenvalue weighted by atomic mass is 14.7. The molecule has 0 N–H and O–H groups in total. The van der Waals surface area contributed by atoms with E-state index < -0.39 is 0 Å². The molecule has 0 aliphatic heterocycles. The van der Waals surface area contributed by atoms with E-state index in [4.69, 9.17) is 0 Å². The summed E-state index contributed by atoms with van der Waals surface area (Å²) in [7, 11) is 0. The fourth-order valence-corrected chi connectivity index (χ4v) is 2.67. The lowest BCUT2D eigenvalue weighted by Crippen LogP contribution is -2.08. The third kappa shape index (κ3) is 0.929. The summed E-state index contributed by atoms with van der Waals surface area (Å²) in [5.41, 5.74) is 4.16. The molecule has 0 saturated heterocycles. The molecule has 2 aromatic carbocycles. The number of aryl methyl sites for hydroxylation is 2. The zero-order chi connectivity index (χ0) is 10.5. The van der Waals surface area contributed by atoms with Crippen LogP contribution in [0, 0.1) is 0 Å². The normalized spacial score (nSPS) is 13.8. The Hall–Kier alpha value is -1.89. The lowest BCUT2D eigenvalue weighted by molar-refractivity contribution is 0.852. The summed E-state index contributed by atoms with van der Waals surface area (Å²) in [6.07, 6.45) is 4.42. The van der Waals surface area contributed by atoms with Gasteiger partial charge in [-0.3, -0.25) is 4.98 Å². The molecule has 0 amide bonds. The van der Waals surface area contributed by atoms with E-state index in [2.05, 4.69) is 41.4 Å². The van der Waals surface area contributed by atoms with E-state index in [0.29, 0.717) is 0 Å². The Labute approximate surface area is 93.7 Å². The van der Waals surface area contributed by atoms with Crippen molar-refractivity contribution < 1.29 is 0 Å². The quantitative estimate of drug-likeness (QED) is 0.512. The van der Waals surface area contributed by atoms with Gasteiger partial charge in [-0.2, -0.15) is 0 Å². The van der Waals surface area contributed by atoms with E-state index >= 15 is 0 Å². The van der Waals surface area contributed by atoms with Crippen LogP contribution in [0.15, 0.2) is 42.6 Å². The molecule has 0 saturated carbocycles. The predicted molar refractivity (Wildman–Crippen MR) is 66.7 cm³/mol. The highest BCUT2D eigenvalue weighted by Crippen LogP contribution is 2.34. The summed E-state index contributed by atoms with van der Waals surface area (Å²) < 4.78 is 0. The molecule has 0 unspecified atom stereocenters. The molecule has 0 spiro atoms. The summed E-state index contributed by atoms with van der Waals surface area (Å²) in [6.45, 7) is 0. The zero-order valence-corrected chi connectivity index (χ0v) is 8.90. The molecule has 16 heavy (non-hydrogen) atoms. The Kier molecular flexibility index (Phi) is 1.46. The van der Waals surface area contributed by atoms with Gasteiger partial charge in [-0.1, -0.05) is 30.3 Å². The second-order valence-corrected chi connectivity index (χ2v) is 4.44. The van der Waals surface area contributed by atoms with Gasteiger partial charge in [0.25, 0.3) is 0 Å². The molecule has 0 fully saturated rings. The molecule has 76 valence electrons. The lowest BCUT2D eigenvalue weighted by atomic mass is 9.84. The third-order valence-corrected chi connectivity index (χ3v) is 3.61. The Morgan fingerprint density at radius 2 is 1.88 bits per heavy atom. The molecule has 1 heterocycles. The maximum Gasteiger partial charge on any atom is 0.0711 e. The minimum absolute atomic E-state index is 1.14. The van der Waals surface area contributed by atoms with Crippen molar-refractivity contribution in [2.75, 3.05) is 0 Å². The van der Waals surface area contributed by atoms with Gasteiger partial charge in [0.15, 0.2) is 0 Å². The molecule has 1 aliphatic rings. The topological polar surface area (TPSA) is 12.9 Å². The van der Waals surface area contributed by atoms with Crippen molar-refractivity contribution in [3.8, 4) is 0 Å². The number of rotatable bonds is 0. The minimum atomic E-state index is 1.14. The van der Waals surface area contributed by atoms with Gasteiger partial charge in [-0.15, -0.1) is 0 Å². The van der Waals surface area contributed by atoms with E-state index in [9.17, 15) is 0 Å². The average molecular weight is 205 g/mol. The van der Waals surface area contributed by atoms with Crippen molar-refractivity contribution in [2.24, 2.45) is 0 Å². The van der Waals surface area contributed by atoms with Crippen molar-refractivity contribution in [3.05, 3.63) is 53.7 Å². The van der Waals surface area contributed by atoms with Crippen LogP contribution >= 0.6 is 0 Å². The molecule has 1 aliphatic carbocycles.